The van der Waals surface area contributed by atoms with E-state index in [0.29, 0.717) is 0 Å². The molecule has 0 spiro atoms. The summed E-state index contributed by atoms with van der Waals surface area (Å²) in [6.45, 7) is 0. The van der Waals surface area contributed by atoms with Crippen LogP contribution in [-0.4, -0.2) is 11.9 Å². The summed E-state index contributed by atoms with van der Waals surface area (Å²) in [7, 11) is 0. The molecule has 0 unspecified atom stereocenters. The number of hydrogen-bond acceptors (Lipinski definition) is 4. The van der Waals surface area contributed by atoms with Crippen LogP contribution in [0.5, 0.6) is 0 Å². The van der Waals surface area contributed by atoms with Crippen molar-refractivity contribution in [3.63, 3.8) is 0 Å². The first kappa shape index (κ1) is 10.6. The minimum Gasteiger partial charge on any atom is -0.550 e. The average molecular weight is 208 g/mol. The van der Waals surface area contributed by atoms with Crippen molar-refractivity contribution in [3.05, 3.63) is 0 Å². The fourth-order valence-corrected chi connectivity index (χ4v) is 0.118. The maximum atomic E-state index is 9.28. The summed E-state index contributed by atoms with van der Waals surface area (Å²) in [5, 5.41) is 18.6. The van der Waals surface area contributed by atoms with Crippen molar-refractivity contribution in [2.24, 2.45) is 0 Å². The van der Waals surface area contributed by atoms with Gasteiger partial charge in [0.25, 0.3) is 0 Å². The standard InChI is InChI=1S/C3H4O4.Pd/c4-2(5)1-3(6)7;/h1H2,(H,4,5)(H,6,7);/q;+2/p-2. The maximum Gasteiger partial charge on any atom is 2.00 e. The zero-order valence-electron chi connectivity index (χ0n) is 3.66. The molecule has 0 N–H and O–H groups in total. The van der Waals surface area contributed by atoms with E-state index < -0.39 is 18.4 Å². The van der Waals surface area contributed by atoms with Gasteiger partial charge < -0.3 is 19.8 Å². The molecule has 48 valence electrons. The van der Waals surface area contributed by atoms with E-state index in [4.69, 9.17) is 0 Å². The van der Waals surface area contributed by atoms with Crippen LogP contribution in [-0.2, 0) is 30.0 Å². The van der Waals surface area contributed by atoms with Gasteiger partial charge in [-0.1, -0.05) is 0 Å². The number of rotatable bonds is 2. The Kier molecular flexibility index (Phi) is 6.27. The van der Waals surface area contributed by atoms with E-state index in [0.717, 1.165) is 0 Å². The monoisotopic (exact) mass is 208 g/mol. The molecule has 0 radical (unpaired) electrons. The van der Waals surface area contributed by atoms with E-state index in [1.54, 1.807) is 0 Å². The van der Waals surface area contributed by atoms with Crippen LogP contribution in [0.25, 0.3) is 0 Å². The van der Waals surface area contributed by atoms with Crippen LogP contribution in [0.2, 0.25) is 0 Å². The molecule has 0 amide bonds. The van der Waals surface area contributed by atoms with E-state index in [2.05, 4.69) is 0 Å². The second kappa shape index (κ2) is 4.75. The average Bonchev–Trinajstić information content (AvgIpc) is 1.27. The zero-order valence-corrected chi connectivity index (χ0v) is 5.21. The van der Waals surface area contributed by atoms with E-state index in [9.17, 15) is 19.8 Å². The number of carboxylic acids is 2. The molecule has 0 fully saturated rings. The zero-order chi connectivity index (χ0) is 5.86. The van der Waals surface area contributed by atoms with E-state index >= 15 is 0 Å². The van der Waals surface area contributed by atoms with Gasteiger partial charge in [0.05, 0.1) is 0 Å². The van der Waals surface area contributed by atoms with Crippen LogP contribution in [0.3, 0.4) is 0 Å². The molecular weight excluding hydrogens is 206 g/mol. The summed E-state index contributed by atoms with van der Waals surface area (Å²) in [5.41, 5.74) is 0. The molecule has 0 aliphatic heterocycles. The number of carbonyl (C=O) groups excluding carboxylic acids is 2. The Hall–Kier alpha value is -0.398. The van der Waals surface area contributed by atoms with Crippen LogP contribution in [0.4, 0.5) is 0 Å². The van der Waals surface area contributed by atoms with E-state index in [1.807, 2.05) is 0 Å². The molecule has 8 heavy (non-hydrogen) atoms. The normalized spacial score (nSPS) is 7.00. The SMILES string of the molecule is O=C([O-])CC(=O)[O-].[Pd+2]. The van der Waals surface area contributed by atoms with Crippen molar-refractivity contribution in [1.82, 2.24) is 0 Å². The van der Waals surface area contributed by atoms with Gasteiger partial charge in [0.2, 0.25) is 0 Å². The Morgan fingerprint density at radius 2 is 1.38 bits per heavy atom. The molecule has 0 heterocycles. The van der Waals surface area contributed by atoms with Gasteiger partial charge in [-0.15, -0.1) is 0 Å². The molecule has 0 atom stereocenters. The predicted molar refractivity (Wildman–Crippen MR) is 14.6 cm³/mol. The second-order valence-electron chi connectivity index (χ2n) is 0.921. The molecule has 0 aliphatic carbocycles. The van der Waals surface area contributed by atoms with E-state index in [-0.39, 0.29) is 20.4 Å². The molecular formula is C3H2O4Pd. The molecule has 4 nitrogen and oxygen atoms in total. The second-order valence-corrected chi connectivity index (χ2v) is 0.921. The van der Waals surface area contributed by atoms with Crippen molar-refractivity contribution in [3.8, 4) is 0 Å². The topological polar surface area (TPSA) is 80.3 Å². The number of carbonyl (C=O) groups is 2. The minimum atomic E-state index is -1.63. The van der Waals surface area contributed by atoms with Crippen LogP contribution in [0, 0.1) is 0 Å². The summed E-state index contributed by atoms with van der Waals surface area (Å²) in [4.78, 5) is 18.6. The van der Waals surface area contributed by atoms with Gasteiger partial charge in [0.1, 0.15) is 0 Å². The molecule has 0 saturated carbocycles. The molecule has 0 aromatic carbocycles. The van der Waals surface area contributed by atoms with Gasteiger partial charge in [-0.2, -0.15) is 0 Å². The molecule has 0 aromatic rings. The molecule has 0 aliphatic rings. The summed E-state index contributed by atoms with van der Waals surface area (Å²) in [6.07, 6.45) is -1.03. The smallest absolute Gasteiger partial charge is 0.550 e. The molecule has 0 rings (SSSR count). The largest absolute Gasteiger partial charge is 2.00 e. The van der Waals surface area contributed by atoms with Gasteiger partial charge in [0, 0.05) is 18.4 Å². The van der Waals surface area contributed by atoms with Crippen molar-refractivity contribution in [2.75, 3.05) is 0 Å². The minimum absolute atomic E-state index is 0. The quantitative estimate of drug-likeness (QED) is 0.355. The molecule has 5 heteroatoms. The van der Waals surface area contributed by atoms with Gasteiger partial charge in [-0.05, 0) is 0 Å². The fourth-order valence-electron chi connectivity index (χ4n) is 0.118. The van der Waals surface area contributed by atoms with Crippen molar-refractivity contribution >= 4 is 11.9 Å². The summed E-state index contributed by atoms with van der Waals surface area (Å²) in [5.74, 6) is -3.25. The third kappa shape index (κ3) is 9.14. The third-order valence-corrected chi connectivity index (χ3v) is 0.289. The van der Waals surface area contributed by atoms with Crippen LogP contribution < -0.4 is 10.2 Å². The summed E-state index contributed by atoms with van der Waals surface area (Å²) in [6, 6.07) is 0. The third-order valence-electron chi connectivity index (χ3n) is 0.289. The Morgan fingerprint density at radius 1 is 1.12 bits per heavy atom. The van der Waals surface area contributed by atoms with Gasteiger partial charge in [0.15, 0.2) is 0 Å². The van der Waals surface area contributed by atoms with Crippen LogP contribution in [0.15, 0.2) is 0 Å². The molecule has 0 bridgehead atoms. The first-order chi connectivity index (χ1) is 3.13. The first-order valence-corrected chi connectivity index (χ1v) is 1.52. The first-order valence-electron chi connectivity index (χ1n) is 1.52. The van der Waals surface area contributed by atoms with Gasteiger partial charge in [-0.3, -0.25) is 0 Å². The maximum absolute atomic E-state index is 9.28. The predicted octanol–water partition coefficient (Wildman–Crippen LogP) is -3.13. The van der Waals surface area contributed by atoms with Crippen molar-refractivity contribution in [2.45, 2.75) is 6.42 Å². The van der Waals surface area contributed by atoms with Gasteiger partial charge in [-0.25, -0.2) is 0 Å². The Morgan fingerprint density at radius 3 is 1.38 bits per heavy atom. The Balaban J connectivity index is 0. The van der Waals surface area contributed by atoms with Crippen molar-refractivity contribution < 1.29 is 40.2 Å². The Labute approximate surface area is 59.2 Å². The van der Waals surface area contributed by atoms with Crippen LogP contribution in [0.1, 0.15) is 6.42 Å². The number of aliphatic carboxylic acids is 2. The fraction of sp³-hybridized carbons (Fsp3) is 0.333. The summed E-state index contributed by atoms with van der Waals surface area (Å²) >= 11 is 0. The Bertz CT molecular complexity index is 87.5. The van der Waals surface area contributed by atoms with Crippen LogP contribution >= 0.6 is 0 Å². The molecule has 0 aromatic heterocycles. The van der Waals surface area contributed by atoms with Crippen molar-refractivity contribution in [1.29, 1.82) is 0 Å². The summed E-state index contributed by atoms with van der Waals surface area (Å²) < 4.78 is 0. The van der Waals surface area contributed by atoms with Gasteiger partial charge >= 0.3 is 20.4 Å². The number of hydrogen-bond donors (Lipinski definition) is 0. The molecule has 0 saturated heterocycles. The van der Waals surface area contributed by atoms with E-state index in [1.165, 1.54) is 0 Å². The number of carboxylic acid groups (broad SMARTS) is 2.